The summed E-state index contributed by atoms with van der Waals surface area (Å²) in [6.45, 7) is 0.183. The number of carbonyl (C=O) groups excluding carboxylic acids is 1. The van der Waals surface area contributed by atoms with Gasteiger partial charge in [-0.25, -0.2) is 0 Å². The summed E-state index contributed by atoms with van der Waals surface area (Å²) in [6.07, 6.45) is 1.45. The number of nitrogens with one attached hydrogen (secondary N) is 1. The van der Waals surface area contributed by atoms with Crippen LogP contribution in [0.2, 0.25) is 15.1 Å². The highest BCUT2D eigenvalue weighted by atomic mass is 79.9. The third-order valence-electron chi connectivity index (χ3n) is 4.19. The number of ether oxygens (including phenoxy) is 1. The Balaban J connectivity index is 1.77. The molecule has 0 bridgehead atoms. The van der Waals surface area contributed by atoms with Gasteiger partial charge in [0.2, 0.25) is 0 Å². The molecule has 0 unspecified atom stereocenters. The summed E-state index contributed by atoms with van der Waals surface area (Å²) in [5.41, 5.74) is 1.81. The molecule has 3 aromatic rings. The second-order valence-corrected chi connectivity index (χ2v) is 9.49. The number of nitriles is 1. The van der Waals surface area contributed by atoms with Crippen molar-refractivity contribution in [2.75, 3.05) is 5.32 Å². The summed E-state index contributed by atoms with van der Waals surface area (Å²) in [5.74, 6) is -0.118. The standard InChI is InChI=1S/C23H13Br2Cl3N2O2/c24-16-2-5-18(6-3-16)30-23(31)15(11-29)7-13-8-19(25)22(21(28)9-13)32-12-14-1-4-17(26)10-20(14)27/h1-10H,12H2,(H,30,31)/b15-7-. The lowest BCUT2D eigenvalue weighted by molar-refractivity contribution is -0.112. The fraction of sp³-hybridized carbons (Fsp3) is 0.0435. The van der Waals surface area contributed by atoms with Crippen LogP contribution in [-0.4, -0.2) is 5.91 Å². The van der Waals surface area contributed by atoms with Gasteiger partial charge in [0, 0.05) is 25.8 Å². The summed E-state index contributed by atoms with van der Waals surface area (Å²) in [6, 6.07) is 17.4. The summed E-state index contributed by atoms with van der Waals surface area (Å²) < 4.78 is 7.26. The van der Waals surface area contributed by atoms with Crippen molar-refractivity contribution in [3.05, 3.63) is 95.3 Å². The molecular weight excluding hydrogens is 602 g/mol. The molecule has 1 N–H and O–H groups in total. The number of halogens is 5. The van der Waals surface area contributed by atoms with E-state index in [2.05, 4.69) is 37.2 Å². The van der Waals surface area contributed by atoms with Gasteiger partial charge >= 0.3 is 0 Å². The fourth-order valence-electron chi connectivity index (χ4n) is 2.64. The summed E-state index contributed by atoms with van der Waals surface area (Å²) in [4.78, 5) is 12.5. The third kappa shape index (κ3) is 6.50. The van der Waals surface area contributed by atoms with Gasteiger partial charge < -0.3 is 10.1 Å². The Kier molecular flexibility index (Phi) is 8.64. The van der Waals surface area contributed by atoms with Crippen LogP contribution in [0.15, 0.2) is 69.1 Å². The maximum atomic E-state index is 12.5. The van der Waals surface area contributed by atoms with Gasteiger partial charge in [-0.15, -0.1) is 0 Å². The zero-order valence-electron chi connectivity index (χ0n) is 16.1. The average Bonchev–Trinajstić information content (AvgIpc) is 2.74. The van der Waals surface area contributed by atoms with Gasteiger partial charge in [-0.05, 0) is 76.1 Å². The number of rotatable bonds is 6. The van der Waals surface area contributed by atoms with Gasteiger partial charge in [-0.3, -0.25) is 4.79 Å². The Morgan fingerprint density at radius 3 is 2.38 bits per heavy atom. The van der Waals surface area contributed by atoms with Crippen molar-refractivity contribution in [3.8, 4) is 11.8 Å². The fourth-order valence-corrected chi connectivity index (χ4v) is 4.35. The van der Waals surface area contributed by atoms with Gasteiger partial charge in [-0.1, -0.05) is 56.8 Å². The van der Waals surface area contributed by atoms with Gasteiger partial charge in [0.25, 0.3) is 5.91 Å². The summed E-state index contributed by atoms with van der Waals surface area (Å²) in [5, 5.41) is 13.5. The van der Waals surface area contributed by atoms with E-state index in [0.29, 0.717) is 36.5 Å². The van der Waals surface area contributed by atoms with Gasteiger partial charge in [-0.2, -0.15) is 5.26 Å². The predicted molar refractivity (Wildman–Crippen MR) is 136 cm³/mol. The highest BCUT2D eigenvalue weighted by molar-refractivity contribution is 9.10. The van der Waals surface area contributed by atoms with E-state index >= 15 is 0 Å². The maximum absolute atomic E-state index is 12.5. The molecule has 0 spiro atoms. The van der Waals surface area contributed by atoms with E-state index in [1.165, 1.54) is 6.08 Å². The minimum atomic E-state index is -0.528. The second kappa shape index (κ2) is 11.2. The van der Waals surface area contributed by atoms with Crippen LogP contribution in [0.5, 0.6) is 5.75 Å². The van der Waals surface area contributed by atoms with Crippen LogP contribution < -0.4 is 10.1 Å². The van der Waals surface area contributed by atoms with Crippen LogP contribution in [0.3, 0.4) is 0 Å². The maximum Gasteiger partial charge on any atom is 0.266 e. The summed E-state index contributed by atoms with van der Waals surface area (Å²) >= 11 is 25.3. The van der Waals surface area contributed by atoms with Gasteiger partial charge in [0.1, 0.15) is 18.2 Å². The zero-order chi connectivity index (χ0) is 23.3. The monoisotopic (exact) mass is 612 g/mol. The van der Waals surface area contributed by atoms with Crippen molar-refractivity contribution >= 4 is 84.3 Å². The Morgan fingerprint density at radius 2 is 1.75 bits per heavy atom. The van der Waals surface area contributed by atoms with Gasteiger partial charge in [0.15, 0.2) is 5.75 Å². The number of anilines is 1. The molecule has 0 heterocycles. The first-order valence-electron chi connectivity index (χ1n) is 9.01. The van der Waals surface area contributed by atoms with Crippen LogP contribution in [0.1, 0.15) is 11.1 Å². The molecule has 32 heavy (non-hydrogen) atoms. The molecule has 0 aliphatic heterocycles. The quantitative estimate of drug-likeness (QED) is 0.224. The summed E-state index contributed by atoms with van der Waals surface area (Å²) in [7, 11) is 0. The van der Waals surface area contributed by atoms with E-state index in [1.54, 1.807) is 54.6 Å². The molecule has 0 aliphatic carbocycles. The highest BCUT2D eigenvalue weighted by Gasteiger charge is 2.14. The van der Waals surface area contributed by atoms with E-state index in [9.17, 15) is 10.1 Å². The van der Waals surface area contributed by atoms with E-state index in [0.717, 1.165) is 10.0 Å². The minimum absolute atomic E-state index is 0.0718. The predicted octanol–water partition coefficient (Wildman–Crippen LogP) is 8.30. The molecule has 0 aliphatic rings. The van der Waals surface area contributed by atoms with Crippen molar-refractivity contribution in [1.29, 1.82) is 5.26 Å². The zero-order valence-corrected chi connectivity index (χ0v) is 21.6. The number of amides is 1. The minimum Gasteiger partial charge on any atom is -0.486 e. The first-order chi connectivity index (χ1) is 15.3. The molecule has 3 aromatic carbocycles. The Hall–Kier alpha value is -2.01. The van der Waals surface area contributed by atoms with E-state index in [-0.39, 0.29) is 12.2 Å². The van der Waals surface area contributed by atoms with Crippen molar-refractivity contribution in [1.82, 2.24) is 0 Å². The Labute approximate surface area is 217 Å². The topological polar surface area (TPSA) is 62.1 Å². The number of benzene rings is 3. The Bertz CT molecular complexity index is 1220. The molecule has 0 saturated heterocycles. The lowest BCUT2D eigenvalue weighted by atomic mass is 10.1. The largest absolute Gasteiger partial charge is 0.486 e. The van der Waals surface area contributed by atoms with E-state index < -0.39 is 5.91 Å². The van der Waals surface area contributed by atoms with Crippen LogP contribution in [-0.2, 0) is 11.4 Å². The molecule has 0 saturated carbocycles. The molecule has 162 valence electrons. The lowest BCUT2D eigenvalue weighted by Crippen LogP contribution is -2.13. The normalized spacial score (nSPS) is 11.1. The van der Waals surface area contributed by atoms with E-state index in [4.69, 9.17) is 39.5 Å². The number of nitrogens with zero attached hydrogens (tertiary/aromatic N) is 1. The SMILES string of the molecule is N#C/C(=C/c1cc(Cl)c(OCc2ccc(Cl)cc2Cl)c(Br)c1)C(=O)Nc1ccc(Br)cc1. The number of hydrogen-bond donors (Lipinski definition) is 1. The molecule has 1 amide bonds. The Morgan fingerprint density at radius 1 is 1.03 bits per heavy atom. The number of hydrogen-bond acceptors (Lipinski definition) is 3. The van der Waals surface area contributed by atoms with Crippen LogP contribution in [0, 0.1) is 11.3 Å². The molecular formula is C23H13Br2Cl3N2O2. The molecule has 0 fully saturated rings. The van der Waals surface area contributed by atoms with Gasteiger partial charge in [0.05, 0.1) is 9.50 Å². The van der Waals surface area contributed by atoms with Crippen molar-refractivity contribution in [3.63, 3.8) is 0 Å². The molecule has 0 atom stereocenters. The molecule has 9 heteroatoms. The molecule has 4 nitrogen and oxygen atoms in total. The lowest BCUT2D eigenvalue weighted by Gasteiger charge is -2.12. The first-order valence-corrected chi connectivity index (χ1v) is 11.7. The van der Waals surface area contributed by atoms with Crippen molar-refractivity contribution < 1.29 is 9.53 Å². The average molecular weight is 616 g/mol. The second-order valence-electron chi connectivity index (χ2n) is 6.47. The van der Waals surface area contributed by atoms with E-state index in [1.807, 2.05) is 6.07 Å². The van der Waals surface area contributed by atoms with Crippen LogP contribution in [0.25, 0.3) is 6.08 Å². The smallest absolute Gasteiger partial charge is 0.266 e. The third-order valence-corrected chi connectivity index (χ3v) is 6.17. The van der Waals surface area contributed by atoms with Crippen LogP contribution in [0.4, 0.5) is 5.69 Å². The molecule has 0 radical (unpaired) electrons. The number of carbonyl (C=O) groups is 1. The molecule has 3 rings (SSSR count). The highest BCUT2D eigenvalue weighted by Crippen LogP contribution is 2.36. The molecule has 0 aromatic heterocycles. The van der Waals surface area contributed by atoms with Crippen molar-refractivity contribution in [2.45, 2.75) is 6.61 Å². The van der Waals surface area contributed by atoms with Crippen molar-refractivity contribution in [2.24, 2.45) is 0 Å². The first kappa shape index (κ1) is 24.6. The van der Waals surface area contributed by atoms with Crippen LogP contribution >= 0.6 is 66.7 Å².